The molecule has 21 heavy (non-hydrogen) atoms. The topological polar surface area (TPSA) is 115 Å². The van der Waals surface area contributed by atoms with Gasteiger partial charge in [-0.25, -0.2) is 19.8 Å². The van der Waals surface area contributed by atoms with E-state index in [1.807, 2.05) is 0 Å². The Morgan fingerprint density at radius 1 is 1.52 bits per heavy atom. The van der Waals surface area contributed by atoms with Gasteiger partial charge in [-0.2, -0.15) is 0 Å². The van der Waals surface area contributed by atoms with Crippen LogP contribution in [0.25, 0.3) is 0 Å². The van der Waals surface area contributed by atoms with E-state index in [9.17, 15) is 19.7 Å². The average Bonchev–Trinajstić information content (AvgIpc) is 2.93. The van der Waals surface area contributed by atoms with Crippen LogP contribution in [0.5, 0.6) is 0 Å². The summed E-state index contributed by atoms with van der Waals surface area (Å²) in [5, 5.41) is 12.8. The number of hydrazone groups is 1. The van der Waals surface area contributed by atoms with E-state index in [0.29, 0.717) is 19.6 Å². The van der Waals surface area contributed by atoms with E-state index in [0.717, 1.165) is 16.9 Å². The molecule has 0 bridgehead atoms. The highest BCUT2D eigenvalue weighted by Crippen LogP contribution is 2.16. The van der Waals surface area contributed by atoms with Crippen molar-refractivity contribution in [1.82, 2.24) is 9.80 Å². The molecule has 1 heterocycles. The molecular weight excluding hydrogens is 284 g/mol. The number of rotatable bonds is 3. The Kier molecular flexibility index (Phi) is 6.03. The maximum Gasteiger partial charge on any atom is 0.416 e. The molecule has 1 aliphatic rings. The monoisotopic (exact) mass is 302 g/mol. The summed E-state index contributed by atoms with van der Waals surface area (Å²) < 4.78 is 9.83. The van der Waals surface area contributed by atoms with Crippen molar-refractivity contribution in [2.75, 3.05) is 33.9 Å². The Balaban J connectivity index is 3.06. The molecule has 0 saturated carbocycles. The molecule has 0 radical (unpaired) electrons. The predicted molar refractivity (Wildman–Crippen MR) is 70.9 cm³/mol. The van der Waals surface area contributed by atoms with Crippen LogP contribution in [0.4, 0.5) is 4.79 Å². The number of nitro groups is 1. The Bertz CT molecular complexity index is 446. The molecule has 1 atom stereocenters. The second-order valence-electron chi connectivity index (χ2n) is 4.53. The molecule has 0 N–H and O–H groups in total. The van der Waals surface area contributed by atoms with E-state index in [-0.39, 0.29) is 18.4 Å². The van der Waals surface area contributed by atoms with Crippen LogP contribution in [0.1, 0.15) is 13.3 Å². The highest BCUT2D eigenvalue weighted by atomic mass is 16.7. The fraction of sp³-hybridized carbons (Fsp3) is 0.727. The Hall–Kier alpha value is -2.23. The summed E-state index contributed by atoms with van der Waals surface area (Å²) >= 11 is 0. The summed E-state index contributed by atoms with van der Waals surface area (Å²) in [6.07, 6.45) is -0.112. The zero-order valence-electron chi connectivity index (χ0n) is 12.1. The fourth-order valence-corrected chi connectivity index (χ4v) is 1.85. The first kappa shape index (κ1) is 16.8. The van der Waals surface area contributed by atoms with E-state index in [2.05, 4.69) is 9.84 Å². The van der Waals surface area contributed by atoms with Crippen molar-refractivity contribution in [1.29, 1.82) is 0 Å². The van der Waals surface area contributed by atoms with Gasteiger partial charge in [0.25, 0.3) is 5.96 Å². The minimum atomic E-state index is -0.962. The minimum absolute atomic E-state index is 0.00131. The number of hydrogen-bond acceptors (Lipinski definition) is 6. The largest absolute Gasteiger partial charge is 0.452 e. The first-order valence-electron chi connectivity index (χ1n) is 6.27. The van der Waals surface area contributed by atoms with Crippen LogP contribution in [0.3, 0.4) is 0 Å². The van der Waals surface area contributed by atoms with Crippen molar-refractivity contribution in [2.45, 2.75) is 13.3 Å². The van der Waals surface area contributed by atoms with Gasteiger partial charge in [0, 0.05) is 33.0 Å². The fourth-order valence-electron chi connectivity index (χ4n) is 1.85. The van der Waals surface area contributed by atoms with Gasteiger partial charge in [0.1, 0.15) is 5.10 Å². The summed E-state index contributed by atoms with van der Waals surface area (Å²) in [5.41, 5.74) is 0. The predicted octanol–water partition coefficient (Wildman–Crippen LogP) is 0.117. The van der Waals surface area contributed by atoms with E-state index in [1.165, 1.54) is 14.0 Å². The summed E-state index contributed by atoms with van der Waals surface area (Å²) in [4.78, 5) is 35.9. The van der Waals surface area contributed by atoms with Crippen LogP contribution < -0.4 is 0 Å². The van der Waals surface area contributed by atoms with Gasteiger partial charge in [0.2, 0.25) is 5.91 Å². The summed E-state index contributed by atoms with van der Waals surface area (Å²) in [5.74, 6) is -0.875. The van der Waals surface area contributed by atoms with Gasteiger partial charge >= 0.3 is 6.09 Å². The van der Waals surface area contributed by atoms with E-state index < -0.39 is 17.0 Å². The van der Waals surface area contributed by atoms with Gasteiger partial charge < -0.3 is 9.47 Å². The number of hydrogen-bond donors (Lipinski definition) is 0. The Morgan fingerprint density at radius 3 is 2.62 bits per heavy atom. The van der Waals surface area contributed by atoms with Crippen molar-refractivity contribution in [3.8, 4) is 0 Å². The van der Waals surface area contributed by atoms with Crippen LogP contribution in [0.15, 0.2) is 5.10 Å². The second kappa shape index (κ2) is 7.53. The van der Waals surface area contributed by atoms with Crippen LogP contribution in [0, 0.1) is 16.0 Å². The molecule has 0 aromatic rings. The molecule has 1 rings (SSSR count). The number of nitrogens with zero attached hydrogens (tertiary/aromatic N) is 4. The van der Waals surface area contributed by atoms with E-state index >= 15 is 0 Å². The average molecular weight is 302 g/mol. The van der Waals surface area contributed by atoms with Crippen LogP contribution in [-0.4, -0.2) is 66.7 Å². The maximum atomic E-state index is 11.9. The molecule has 0 aromatic heterocycles. The zero-order valence-corrected chi connectivity index (χ0v) is 12.1. The van der Waals surface area contributed by atoms with Crippen molar-refractivity contribution in [2.24, 2.45) is 11.0 Å². The summed E-state index contributed by atoms with van der Waals surface area (Å²) in [6.45, 7) is 2.33. The van der Waals surface area contributed by atoms with Gasteiger partial charge in [-0.1, -0.05) is 0 Å². The first-order valence-corrected chi connectivity index (χ1v) is 6.27. The minimum Gasteiger partial charge on any atom is -0.452 e. The lowest BCUT2D eigenvalue weighted by Gasteiger charge is -2.27. The maximum absolute atomic E-state index is 11.9. The second-order valence-corrected chi connectivity index (χ2v) is 4.53. The van der Waals surface area contributed by atoms with Crippen molar-refractivity contribution in [3.63, 3.8) is 0 Å². The van der Waals surface area contributed by atoms with Gasteiger partial charge in [0.05, 0.1) is 13.7 Å². The van der Waals surface area contributed by atoms with Crippen molar-refractivity contribution >= 4 is 18.0 Å². The van der Waals surface area contributed by atoms with Crippen LogP contribution >= 0.6 is 0 Å². The summed E-state index contributed by atoms with van der Waals surface area (Å²) in [7, 11) is 2.45. The molecule has 118 valence electrons. The highest BCUT2D eigenvalue weighted by Gasteiger charge is 2.32. The zero-order chi connectivity index (χ0) is 16.0. The third kappa shape index (κ3) is 4.67. The van der Waals surface area contributed by atoms with E-state index in [4.69, 9.17) is 4.74 Å². The van der Waals surface area contributed by atoms with Gasteiger partial charge in [-0.15, -0.1) is 0 Å². The lowest BCUT2D eigenvalue weighted by molar-refractivity contribution is -0.486. The molecule has 0 spiro atoms. The lowest BCUT2D eigenvalue weighted by atomic mass is 10.1. The number of methoxy groups -OCH3 is 1. The van der Waals surface area contributed by atoms with Gasteiger partial charge in [0.15, 0.2) is 5.03 Å². The van der Waals surface area contributed by atoms with Gasteiger partial charge in [-0.05, 0) is 6.42 Å². The van der Waals surface area contributed by atoms with Crippen molar-refractivity contribution in [3.05, 3.63) is 10.1 Å². The molecular formula is C11H18N4O6. The quantitative estimate of drug-likeness (QED) is 0.316. The standard InChI is InChI=1S/C11H18N4O6/c1-8(16)13(2)10(12-15(18)19)14(11(17)20-3)6-9-4-5-21-7-9/h9H,4-7H2,1-3H3/b12-10+. The molecule has 1 unspecified atom stereocenters. The molecule has 0 aromatic carbocycles. The number of ether oxygens (including phenoxy) is 2. The molecule has 1 fully saturated rings. The molecule has 1 saturated heterocycles. The number of amides is 2. The molecule has 10 heteroatoms. The highest BCUT2D eigenvalue weighted by molar-refractivity contribution is 6.01. The molecule has 1 aliphatic heterocycles. The molecule has 0 aliphatic carbocycles. The Morgan fingerprint density at radius 2 is 2.19 bits per heavy atom. The van der Waals surface area contributed by atoms with Gasteiger partial charge in [-0.3, -0.25) is 9.69 Å². The number of carbonyl (C=O) groups is 2. The van der Waals surface area contributed by atoms with E-state index in [1.54, 1.807) is 0 Å². The van der Waals surface area contributed by atoms with Crippen LogP contribution in [-0.2, 0) is 14.3 Å². The number of guanidine groups is 1. The molecule has 2 amide bonds. The van der Waals surface area contributed by atoms with Crippen molar-refractivity contribution < 1.29 is 24.1 Å². The van der Waals surface area contributed by atoms with Crippen LogP contribution in [0.2, 0.25) is 0 Å². The normalized spacial score (nSPS) is 18.2. The molecule has 10 nitrogen and oxygen atoms in total. The smallest absolute Gasteiger partial charge is 0.416 e. The SMILES string of the molecule is COC(=O)N(CC1CCOC1)/C(=N/[N+](=O)[O-])N(C)C(C)=O. The number of carbonyl (C=O) groups excluding carboxylic acids is 2. The lowest BCUT2D eigenvalue weighted by Crippen LogP contribution is -2.49. The Labute approximate surface area is 121 Å². The third-order valence-electron chi connectivity index (χ3n) is 3.04. The summed E-state index contributed by atoms with van der Waals surface area (Å²) in [6, 6.07) is 0. The first-order chi connectivity index (χ1) is 9.86. The third-order valence-corrected chi connectivity index (χ3v) is 3.04.